The number of hydrogen-bond acceptors (Lipinski definition) is 4. The summed E-state index contributed by atoms with van der Waals surface area (Å²) >= 11 is 0. The van der Waals surface area contributed by atoms with Crippen LogP contribution in [0.4, 0.5) is 5.69 Å². The predicted octanol–water partition coefficient (Wildman–Crippen LogP) is 4.12. The minimum Gasteiger partial charge on any atom is -0.481 e. The molecule has 0 saturated heterocycles. The molecule has 30 heavy (non-hydrogen) atoms. The second-order valence-electron chi connectivity index (χ2n) is 7.70. The minimum absolute atomic E-state index is 0.0365. The van der Waals surface area contributed by atoms with Gasteiger partial charge in [0.1, 0.15) is 11.5 Å². The van der Waals surface area contributed by atoms with Crippen LogP contribution >= 0.6 is 0 Å². The molecule has 3 rings (SSSR count). The smallest absolute Gasteiger partial charge is 0.304 e. The molecule has 1 unspecified atom stereocenters. The normalized spacial score (nSPS) is 15.3. The maximum atomic E-state index is 12.9. The number of carboxylic acid groups (broad SMARTS) is 1. The van der Waals surface area contributed by atoms with Gasteiger partial charge in [0, 0.05) is 0 Å². The highest BCUT2D eigenvalue weighted by Gasteiger charge is 2.41. The lowest BCUT2D eigenvalue weighted by Gasteiger charge is -2.38. The van der Waals surface area contributed by atoms with Crippen LogP contribution in [0.15, 0.2) is 42.5 Å². The third-order valence-corrected chi connectivity index (χ3v) is 4.87. The van der Waals surface area contributed by atoms with Crippen molar-refractivity contribution in [3.63, 3.8) is 0 Å². The van der Waals surface area contributed by atoms with E-state index in [-0.39, 0.29) is 25.0 Å². The van der Waals surface area contributed by atoms with Gasteiger partial charge in [-0.1, -0.05) is 24.1 Å². The molecular weight excluding hydrogens is 382 g/mol. The van der Waals surface area contributed by atoms with E-state index >= 15 is 0 Å². The molecule has 0 fully saturated rings. The Morgan fingerprint density at radius 2 is 1.93 bits per heavy atom. The Morgan fingerprint density at radius 1 is 1.23 bits per heavy atom. The highest BCUT2D eigenvalue weighted by molar-refractivity contribution is 6.02. The number of fused-ring (bicyclic) bond motifs is 1. The van der Waals surface area contributed by atoms with Crippen LogP contribution in [-0.4, -0.2) is 29.3 Å². The summed E-state index contributed by atoms with van der Waals surface area (Å²) in [6.45, 7) is 7.14. The van der Waals surface area contributed by atoms with E-state index in [1.165, 1.54) is 0 Å². The molecule has 1 aliphatic heterocycles. The van der Waals surface area contributed by atoms with Crippen LogP contribution in [0.2, 0.25) is 0 Å². The summed E-state index contributed by atoms with van der Waals surface area (Å²) in [4.78, 5) is 25.6. The van der Waals surface area contributed by atoms with E-state index in [1.54, 1.807) is 49.9 Å². The Kier molecular flexibility index (Phi) is 6.02. The van der Waals surface area contributed by atoms with E-state index in [4.69, 9.17) is 14.6 Å². The van der Waals surface area contributed by atoms with Crippen LogP contribution in [-0.2, 0) is 9.59 Å². The molecule has 0 saturated carbocycles. The Balaban J connectivity index is 1.78. The van der Waals surface area contributed by atoms with Gasteiger partial charge in [-0.2, -0.15) is 0 Å². The fourth-order valence-corrected chi connectivity index (χ4v) is 3.34. The Bertz CT molecular complexity index is 1010. The molecule has 2 aromatic carbocycles. The SMILES string of the molecule is CC#CC(CC(=O)O)c1ccc(OCN2C(=O)C(C)(C)Oc3ccc(C)cc32)cc1. The molecule has 1 N–H and O–H groups in total. The van der Waals surface area contributed by atoms with Gasteiger partial charge in [-0.15, -0.1) is 5.92 Å². The van der Waals surface area contributed by atoms with E-state index in [0.29, 0.717) is 17.2 Å². The number of anilines is 1. The first-order valence-electron chi connectivity index (χ1n) is 9.69. The first kappa shape index (κ1) is 21.3. The van der Waals surface area contributed by atoms with Gasteiger partial charge in [-0.05, 0) is 63.1 Å². The molecule has 2 aromatic rings. The maximum Gasteiger partial charge on any atom is 0.304 e. The zero-order valence-corrected chi connectivity index (χ0v) is 17.6. The van der Waals surface area contributed by atoms with E-state index in [1.807, 2.05) is 25.1 Å². The van der Waals surface area contributed by atoms with Gasteiger partial charge in [0.25, 0.3) is 5.91 Å². The summed E-state index contributed by atoms with van der Waals surface area (Å²) in [6.07, 6.45) is -0.0610. The monoisotopic (exact) mass is 407 g/mol. The van der Waals surface area contributed by atoms with Crippen LogP contribution in [0.3, 0.4) is 0 Å². The van der Waals surface area contributed by atoms with E-state index in [2.05, 4.69) is 11.8 Å². The number of aryl methyl sites for hydroxylation is 1. The van der Waals surface area contributed by atoms with E-state index in [0.717, 1.165) is 11.1 Å². The van der Waals surface area contributed by atoms with Gasteiger partial charge in [-0.3, -0.25) is 14.5 Å². The summed E-state index contributed by atoms with van der Waals surface area (Å²) in [5.41, 5.74) is 1.51. The number of aliphatic carboxylic acids is 1. The zero-order chi connectivity index (χ0) is 21.9. The number of benzene rings is 2. The van der Waals surface area contributed by atoms with Crippen molar-refractivity contribution >= 4 is 17.6 Å². The van der Waals surface area contributed by atoms with Crippen molar-refractivity contribution < 1.29 is 24.2 Å². The number of rotatable bonds is 6. The second kappa shape index (κ2) is 8.50. The third kappa shape index (κ3) is 4.57. The summed E-state index contributed by atoms with van der Waals surface area (Å²) in [5.74, 6) is 5.46. The van der Waals surface area contributed by atoms with Crippen molar-refractivity contribution in [1.29, 1.82) is 0 Å². The Morgan fingerprint density at radius 3 is 2.57 bits per heavy atom. The number of carbonyl (C=O) groups excluding carboxylic acids is 1. The summed E-state index contributed by atoms with van der Waals surface area (Å²) in [5, 5.41) is 9.08. The zero-order valence-electron chi connectivity index (χ0n) is 17.6. The molecule has 1 aliphatic rings. The van der Waals surface area contributed by atoms with Crippen molar-refractivity contribution in [3.05, 3.63) is 53.6 Å². The van der Waals surface area contributed by atoms with Gasteiger partial charge < -0.3 is 14.6 Å². The number of carbonyl (C=O) groups is 2. The van der Waals surface area contributed by atoms with Crippen molar-refractivity contribution in [1.82, 2.24) is 0 Å². The van der Waals surface area contributed by atoms with Gasteiger partial charge in [0.05, 0.1) is 18.0 Å². The molecule has 1 amide bonds. The summed E-state index contributed by atoms with van der Waals surface area (Å²) in [6, 6.07) is 12.8. The van der Waals surface area contributed by atoms with Crippen molar-refractivity contribution in [2.24, 2.45) is 0 Å². The fourth-order valence-electron chi connectivity index (χ4n) is 3.34. The van der Waals surface area contributed by atoms with Gasteiger partial charge in [0.15, 0.2) is 12.3 Å². The van der Waals surface area contributed by atoms with Crippen molar-refractivity contribution in [3.8, 4) is 23.3 Å². The van der Waals surface area contributed by atoms with Crippen molar-refractivity contribution in [2.45, 2.75) is 45.6 Å². The van der Waals surface area contributed by atoms with Gasteiger partial charge >= 0.3 is 5.97 Å². The molecule has 156 valence electrons. The summed E-state index contributed by atoms with van der Waals surface area (Å²) < 4.78 is 11.7. The first-order valence-corrected chi connectivity index (χ1v) is 9.69. The molecule has 0 spiro atoms. The van der Waals surface area contributed by atoms with Crippen molar-refractivity contribution in [2.75, 3.05) is 11.6 Å². The molecule has 6 heteroatoms. The molecule has 0 bridgehead atoms. The first-order chi connectivity index (χ1) is 14.2. The number of amides is 1. The lowest BCUT2D eigenvalue weighted by Crippen LogP contribution is -2.53. The molecule has 0 radical (unpaired) electrons. The Hall–Kier alpha value is -3.46. The average molecular weight is 407 g/mol. The van der Waals surface area contributed by atoms with E-state index in [9.17, 15) is 9.59 Å². The van der Waals surface area contributed by atoms with E-state index < -0.39 is 11.6 Å². The topological polar surface area (TPSA) is 76.1 Å². The highest BCUT2D eigenvalue weighted by Crippen LogP contribution is 2.38. The lowest BCUT2D eigenvalue weighted by molar-refractivity contribution is -0.137. The molecule has 6 nitrogen and oxygen atoms in total. The molecule has 0 aliphatic carbocycles. The standard InChI is InChI=1S/C24H25NO5/c1-5-6-18(14-22(26)27)17-8-10-19(11-9-17)29-15-25-20-13-16(2)7-12-21(20)30-24(3,4)23(25)28/h7-13,18H,14-15H2,1-4H3,(H,26,27). The van der Waals surface area contributed by atoms with Gasteiger partial charge in [0.2, 0.25) is 0 Å². The maximum absolute atomic E-state index is 12.9. The lowest BCUT2D eigenvalue weighted by atomic mass is 9.96. The predicted molar refractivity (Wildman–Crippen MR) is 114 cm³/mol. The third-order valence-electron chi connectivity index (χ3n) is 4.87. The summed E-state index contributed by atoms with van der Waals surface area (Å²) in [7, 11) is 0. The largest absolute Gasteiger partial charge is 0.481 e. The second-order valence-corrected chi connectivity index (χ2v) is 7.70. The van der Waals surface area contributed by atoms with Crippen LogP contribution in [0.5, 0.6) is 11.5 Å². The minimum atomic E-state index is -0.988. The molecule has 1 atom stereocenters. The molecular formula is C24H25NO5. The quantitative estimate of drug-likeness (QED) is 0.729. The van der Waals surface area contributed by atoms with Crippen LogP contribution in [0, 0.1) is 18.8 Å². The average Bonchev–Trinajstić information content (AvgIpc) is 2.69. The fraction of sp³-hybridized carbons (Fsp3) is 0.333. The Labute approximate surface area is 176 Å². The van der Waals surface area contributed by atoms with Crippen LogP contribution in [0.25, 0.3) is 0 Å². The number of ether oxygens (including phenoxy) is 2. The number of nitrogens with zero attached hydrogens (tertiary/aromatic N) is 1. The molecule has 0 aromatic heterocycles. The van der Waals surface area contributed by atoms with Crippen LogP contribution in [0.1, 0.15) is 44.2 Å². The van der Waals surface area contributed by atoms with Crippen LogP contribution < -0.4 is 14.4 Å². The number of carboxylic acids is 1. The van der Waals surface area contributed by atoms with Gasteiger partial charge in [-0.25, -0.2) is 0 Å². The number of hydrogen-bond donors (Lipinski definition) is 1. The highest BCUT2D eigenvalue weighted by atomic mass is 16.5. The molecule has 1 heterocycles.